The molecule has 0 unspecified atom stereocenters. The van der Waals surface area contributed by atoms with Crippen LogP contribution in [-0.2, 0) is 0 Å². The standard InChI is InChI=1S/C50H29BN2/c1-3-16-32(17-4-1)52-40-26-9-7-20-34(40)46-42(52)28-30-14-11-24-38-44(30)48(46)36-22-13-23-37-49-45-31(15-12-25-39(45)51(38)50(36)37)29-43-47(49)35-21-8-10-27-41(35)53(43)33-18-5-2-6-19-33/h1-29H. The maximum absolute atomic E-state index is 2.47. The van der Waals surface area contributed by atoms with Gasteiger partial charge < -0.3 is 9.13 Å². The maximum Gasteiger partial charge on any atom is 0.244 e. The largest absolute Gasteiger partial charge is 0.309 e. The van der Waals surface area contributed by atoms with Gasteiger partial charge in [0.05, 0.1) is 22.1 Å². The van der Waals surface area contributed by atoms with Crippen LogP contribution in [-0.4, -0.2) is 15.8 Å². The van der Waals surface area contributed by atoms with E-state index in [1.54, 1.807) is 0 Å². The minimum Gasteiger partial charge on any atom is -0.309 e. The summed E-state index contributed by atoms with van der Waals surface area (Å²) in [5.74, 6) is 0. The van der Waals surface area contributed by atoms with E-state index >= 15 is 0 Å². The quantitative estimate of drug-likeness (QED) is 0.162. The van der Waals surface area contributed by atoms with E-state index < -0.39 is 0 Å². The second-order valence-corrected chi connectivity index (χ2v) is 14.8. The zero-order valence-corrected chi connectivity index (χ0v) is 28.7. The monoisotopic (exact) mass is 668 g/mol. The molecular weight excluding hydrogens is 639 g/mol. The Balaban J connectivity index is 1.24. The van der Waals surface area contributed by atoms with Gasteiger partial charge >= 0.3 is 0 Å². The van der Waals surface area contributed by atoms with Crippen molar-refractivity contribution in [3.8, 4) is 33.6 Å². The predicted octanol–water partition coefficient (Wildman–Crippen LogP) is 10.7. The number of nitrogens with zero attached hydrogens (tertiary/aromatic N) is 2. The molecule has 0 saturated heterocycles. The Labute approximate surface area is 305 Å². The number of hydrogen-bond acceptors (Lipinski definition) is 0. The third-order valence-corrected chi connectivity index (χ3v) is 12.2. The van der Waals surface area contributed by atoms with Crippen molar-refractivity contribution < 1.29 is 0 Å². The van der Waals surface area contributed by atoms with E-state index in [2.05, 4.69) is 185 Å². The van der Waals surface area contributed by atoms with Crippen molar-refractivity contribution in [1.29, 1.82) is 0 Å². The highest BCUT2D eigenvalue weighted by Crippen LogP contribution is 2.48. The van der Waals surface area contributed by atoms with Crippen LogP contribution in [0.4, 0.5) is 0 Å². The highest BCUT2D eigenvalue weighted by molar-refractivity contribution is 7.01. The molecule has 3 heteroatoms. The van der Waals surface area contributed by atoms with Crippen LogP contribution in [0, 0.1) is 0 Å². The van der Waals surface area contributed by atoms with Crippen molar-refractivity contribution in [3.05, 3.63) is 176 Å². The van der Waals surface area contributed by atoms with Crippen LogP contribution in [0.5, 0.6) is 0 Å². The molecule has 0 N–H and O–H groups in total. The van der Waals surface area contributed by atoms with E-state index in [-0.39, 0.29) is 6.71 Å². The first kappa shape index (κ1) is 27.8. The first-order valence-electron chi connectivity index (χ1n) is 18.6. The second kappa shape index (κ2) is 9.94. The van der Waals surface area contributed by atoms with Crippen molar-refractivity contribution in [3.63, 3.8) is 0 Å². The predicted molar refractivity (Wildman–Crippen MR) is 226 cm³/mol. The summed E-state index contributed by atoms with van der Waals surface area (Å²) in [6, 6.07) is 65.7. The first-order valence-corrected chi connectivity index (χ1v) is 18.6. The number of para-hydroxylation sites is 4. The second-order valence-electron chi connectivity index (χ2n) is 14.8. The molecule has 0 aliphatic carbocycles. The molecule has 0 bridgehead atoms. The summed E-state index contributed by atoms with van der Waals surface area (Å²) in [5, 5.41) is 10.6. The fraction of sp³-hybridized carbons (Fsp3) is 0. The lowest BCUT2D eigenvalue weighted by Crippen LogP contribution is -2.57. The van der Waals surface area contributed by atoms with Crippen molar-refractivity contribution >= 4 is 88.3 Å². The fourth-order valence-electron chi connectivity index (χ4n) is 10.4. The Morgan fingerprint density at radius 3 is 1.26 bits per heavy atom. The lowest BCUT2D eigenvalue weighted by molar-refractivity contribution is 1.18. The molecule has 2 aliphatic rings. The minimum absolute atomic E-state index is 0.133. The Kier molecular flexibility index (Phi) is 5.22. The molecule has 9 aromatic carbocycles. The zero-order chi connectivity index (χ0) is 34.4. The number of rotatable bonds is 2. The lowest BCUT2D eigenvalue weighted by Gasteiger charge is -2.34. The van der Waals surface area contributed by atoms with Gasteiger partial charge in [-0.05, 0) is 92.3 Å². The Morgan fingerprint density at radius 2 is 0.774 bits per heavy atom. The molecule has 0 fully saturated rings. The van der Waals surface area contributed by atoms with Crippen molar-refractivity contribution in [2.24, 2.45) is 0 Å². The van der Waals surface area contributed by atoms with Gasteiger partial charge in [-0.2, -0.15) is 0 Å². The summed E-state index contributed by atoms with van der Waals surface area (Å²) < 4.78 is 4.93. The lowest BCUT2D eigenvalue weighted by atomic mass is 9.31. The van der Waals surface area contributed by atoms with Crippen LogP contribution in [0.3, 0.4) is 0 Å². The van der Waals surface area contributed by atoms with Crippen molar-refractivity contribution in [2.45, 2.75) is 0 Å². The van der Waals surface area contributed by atoms with E-state index in [4.69, 9.17) is 0 Å². The van der Waals surface area contributed by atoms with Crippen LogP contribution in [0.25, 0.3) is 98.8 Å². The van der Waals surface area contributed by atoms with Gasteiger partial charge in [-0.15, -0.1) is 0 Å². The molecule has 2 aromatic heterocycles. The Morgan fingerprint density at radius 1 is 0.340 bits per heavy atom. The summed E-state index contributed by atoms with van der Waals surface area (Å²) in [4.78, 5) is 0. The maximum atomic E-state index is 2.47. The van der Waals surface area contributed by atoms with Crippen LogP contribution < -0.4 is 16.4 Å². The molecule has 53 heavy (non-hydrogen) atoms. The average molecular weight is 669 g/mol. The molecule has 2 nitrogen and oxygen atoms in total. The first-order chi connectivity index (χ1) is 26.3. The number of hydrogen-bond donors (Lipinski definition) is 0. The van der Waals surface area contributed by atoms with Crippen molar-refractivity contribution in [1.82, 2.24) is 9.13 Å². The minimum atomic E-state index is 0.133. The SMILES string of the molecule is c1ccc(-n2c3ccccc3c3c4c5c(cccc5cc32)B2c3c-4cccc3-c3c4c2cccc4cc2c3c3ccccc3n2-c2ccccc2)cc1. The van der Waals surface area contributed by atoms with Gasteiger partial charge in [0.2, 0.25) is 6.71 Å². The van der Waals surface area contributed by atoms with E-state index in [9.17, 15) is 0 Å². The van der Waals surface area contributed by atoms with Gasteiger partial charge in [-0.25, -0.2) is 0 Å². The normalized spacial score (nSPS) is 12.9. The van der Waals surface area contributed by atoms with Gasteiger partial charge in [0.25, 0.3) is 0 Å². The average Bonchev–Trinajstić information content (AvgIpc) is 3.73. The Bertz CT molecular complexity index is 3160. The molecule has 0 radical (unpaired) electrons. The fourth-order valence-corrected chi connectivity index (χ4v) is 10.4. The molecule has 0 amide bonds. The van der Waals surface area contributed by atoms with Gasteiger partial charge in [-0.3, -0.25) is 0 Å². The van der Waals surface area contributed by atoms with Gasteiger partial charge in [-0.1, -0.05) is 144 Å². The highest BCUT2D eigenvalue weighted by atomic mass is 15.0. The summed E-state index contributed by atoms with van der Waals surface area (Å²) in [7, 11) is 0. The van der Waals surface area contributed by atoms with Crippen LogP contribution in [0.1, 0.15) is 0 Å². The summed E-state index contributed by atoms with van der Waals surface area (Å²) >= 11 is 0. The molecule has 2 aliphatic heterocycles. The summed E-state index contributed by atoms with van der Waals surface area (Å²) in [5.41, 5.74) is 17.0. The molecule has 13 rings (SSSR count). The topological polar surface area (TPSA) is 9.86 Å². The summed E-state index contributed by atoms with van der Waals surface area (Å²) in [6.45, 7) is 0.133. The van der Waals surface area contributed by atoms with Crippen LogP contribution in [0.2, 0.25) is 0 Å². The van der Waals surface area contributed by atoms with E-state index in [0.29, 0.717) is 0 Å². The summed E-state index contributed by atoms with van der Waals surface area (Å²) in [6.07, 6.45) is 0. The highest BCUT2D eigenvalue weighted by Gasteiger charge is 2.40. The van der Waals surface area contributed by atoms with Crippen LogP contribution >= 0.6 is 0 Å². The molecule has 4 heterocycles. The van der Waals surface area contributed by atoms with Gasteiger partial charge in [0.1, 0.15) is 0 Å². The molecule has 0 saturated carbocycles. The number of benzene rings is 9. The van der Waals surface area contributed by atoms with E-state index in [0.717, 1.165) is 0 Å². The molecule has 0 spiro atoms. The van der Waals surface area contributed by atoms with Gasteiger partial charge in [0, 0.05) is 32.9 Å². The molecular formula is C50H29BN2. The molecule has 0 atom stereocenters. The third-order valence-electron chi connectivity index (χ3n) is 12.2. The number of fused-ring (bicyclic) bond motifs is 12. The Hall–Kier alpha value is -6.84. The molecule has 242 valence electrons. The number of aromatic nitrogens is 2. The third kappa shape index (κ3) is 3.41. The van der Waals surface area contributed by atoms with E-state index in [1.165, 1.54) is 115 Å². The van der Waals surface area contributed by atoms with Crippen LogP contribution in [0.15, 0.2) is 176 Å². The van der Waals surface area contributed by atoms with Crippen molar-refractivity contribution in [2.75, 3.05) is 0 Å². The van der Waals surface area contributed by atoms with Gasteiger partial charge in [0.15, 0.2) is 0 Å². The molecule has 11 aromatic rings. The van der Waals surface area contributed by atoms with E-state index in [1.807, 2.05) is 0 Å². The zero-order valence-electron chi connectivity index (χ0n) is 28.7. The smallest absolute Gasteiger partial charge is 0.244 e.